The van der Waals surface area contributed by atoms with Crippen molar-refractivity contribution in [2.24, 2.45) is 0 Å². The molecule has 7 nitrogen and oxygen atoms in total. The van der Waals surface area contributed by atoms with E-state index in [-0.39, 0.29) is 5.91 Å². The molecule has 7 heteroatoms. The number of para-hydroxylation sites is 1. The summed E-state index contributed by atoms with van der Waals surface area (Å²) in [6.07, 6.45) is 3.52. The molecule has 1 aliphatic heterocycles. The number of rotatable bonds is 5. The smallest absolute Gasteiger partial charge is 0.238 e. The molecule has 0 saturated carbocycles. The SMILES string of the molecule is Cc1cccc(NC(=O)CN2CCN(c3nc(-c4ccncc4)nc4ccccc34)CC2)c1C. The molecule has 0 spiro atoms. The van der Waals surface area contributed by atoms with E-state index in [4.69, 9.17) is 9.97 Å². The first-order chi connectivity index (χ1) is 16.6. The minimum atomic E-state index is 0.0228. The molecule has 4 aromatic rings. The fraction of sp³-hybridized carbons (Fsp3) is 0.259. The normalized spacial score (nSPS) is 14.4. The van der Waals surface area contributed by atoms with Crippen LogP contribution >= 0.6 is 0 Å². The lowest BCUT2D eigenvalue weighted by Gasteiger charge is -2.35. The van der Waals surface area contributed by atoms with Crippen LogP contribution in [0.25, 0.3) is 22.3 Å². The predicted octanol–water partition coefficient (Wildman–Crippen LogP) is 4.07. The lowest BCUT2D eigenvalue weighted by Crippen LogP contribution is -2.49. The quantitative estimate of drug-likeness (QED) is 0.492. The van der Waals surface area contributed by atoms with E-state index in [1.165, 1.54) is 5.56 Å². The molecule has 2 aromatic heterocycles. The second kappa shape index (κ2) is 9.57. The summed E-state index contributed by atoms with van der Waals surface area (Å²) in [7, 11) is 0. The number of benzene rings is 2. The molecule has 0 bridgehead atoms. The molecule has 34 heavy (non-hydrogen) atoms. The Labute approximate surface area is 199 Å². The number of carbonyl (C=O) groups excluding carboxylic acids is 1. The van der Waals surface area contributed by atoms with Gasteiger partial charge in [0, 0.05) is 55.2 Å². The van der Waals surface area contributed by atoms with Crippen LogP contribution in [0.5, 0.6) is 0 Å². The molecule has 1 fully saturated rings. The monoisotopic (exact) mass is 452 g/mol. The average molecular weight is 453 g/mol. The van der Waals surface area contributed by atoms with E-state index in [2.05, 4.69) is 39.2 Å². The zero-order valence-electron chi connectivity index (χ0n) is 19.5. The number of aromatic nitrogens is 3. The van der Waals surface area contributed by atoms with Gasteiger partial charge in [-0.1, -0.05) is 24.3 Å². The number of carbonyl (C=O) groups is 1. The number of amides is 1. The standard InChI is InChI=1S/C27H28N6O/c1-19-6-5-9-23(20(19)2)29-25(34)18-32-14-16-33(17-15-32)27-22-7-3-4-8-24(22)30-26(31-27)21-10-12-28-13-11-21/h3-13H,14-18H2,1-2H3,(H,29,34). The van der Waals surface area contributed by atoms with Gasteiger partial charge in [0.2, 0.25) is 5.91 Å². The van der Waals surface area contributed by atoms with E-state index in [9.17, 15) is 4.79 Å². The summed E-state index contributed by atoms with van der Waals surface area (Å²) in [5.74, 6) is 1.66. The van der Waals surface area contributed by atoms with E-state index < -0.39 is 0 Å². The van der Waals surface area contributed by atoms with Crippen LogP contribution in [-0.2, 0) is 4.79 Å². The molecular formula is C27H28N6O. The van der Waals surface area contributed by atoms with Gasteiger partial charge in [-0.25, -0.2) is 9.97 Å². The molecule has 3 heterocycles. The molecule has 1 saturated heterocycles. The number of nitrogens with one attached hydrogen (secondary N) is 1. The van der Waals surface area contributed by atoms with Gasteiger partial charge in [0.25, 0.3) is 0 Å². The van der Waals surface area contributed by atoms with Crippen molar-refractivity contribution in [1.29, 1.82) is 0 Å². The van der Waals surface area contributed by atoms with Gasteiger partial charge in [-0.2, -0.15) is 0 Å². The molecule has 0 atom stereocenters. The fourth-order valence-corrected chi connectivity index (χ4v) is 4.33. The number of aryl methyl sites for hydroxylation is 1. The highest BCUT2D eigenvalue weighted by molar-refractivity contribution is 5.93. The van der Waals surface area contributed by atoms with E-state index >= 15 is 0 Å². The van der Waals surface area contributed by atoms with Crippen molar-refractivity contribution in [3.63, 3.8) is 0 Å². The molecule has 0 aliphatic carbocycles. The number of hydrogen-bond acceptors (Lipinski definition) is 6. The van der Waals surface area contributed by atoms with Gasteiger partial charge < -0.3 is 10.2 Å². The summed E-state index contributed by atoms with van der Waals surface area (Å²) >= 11 is 0. The van der Waals surface area contributed by atoms with Gasteiger partial charge in [0.05, 0.1) is 12.1 Å². The summed E-state index contributed by atoms with van der Waals surface area (Å²) in [6.45, 7) is 7.67. The van der Waals surface area contributed by atoms with Crippen molar-refractivity contribution in [2.45, 2.75) is 13.8 Å². The summed E-state index contributed by atoms with van der Waals surface area (Å²) in [4.78, 5) is 31.0. The van der Waals surface area contributed by atoms with Gasteiger partial charge in [-0.15, -0.1) is 0 Å². The molecular weight excluding hydrogens is 424 g/mol. The third-order valence-corrected chi connectivity index (χ3v) is 6.44. The van der Waals surface area contributed by atoms with Crippen molar-refractivity contribution in [3.8, 4) is 11.4 Å². The van der Waals surface area contributed by atoms with Crippen LogP contribution in [-0.4, -0.2) is 58.5 Å². The molecule has 172 valence electrons. The first-order valence-electron chi connectivity index (χ1n) is 11.6. The van der Waals surface area contributed by atoms with E-state index in [1.54, 1.807) is 12.4 Å². The zero-order chi connectivity index (χ0) is 23.5. The molecule has 2 aromatic carbocycles. The number of hydrogen-bond donors (Lipinski definition) is 1. The fourth-order valence-electron chi connectivity index (χ4n) is 4.33. The Morgan fingerprint density at radius 2 is 1.68 bits per heavy atom. The van der Waals surface area contributed by atoms with Crippen LogP contribution in [0.1, 0.15) is 11.1 Å². The van der Waals surface area contributed by atoms with E-state index in [0.717, 1.165) is 59.7 Å². The molecule has 1 amide bonds. The second-order valence-electron chi connectivity index (χ2n) is 8.68. The minimum Gasteiger partial charge on any atom is -0.353 e. The van der Waals surface area contributed by atoms with Crippen molar-refractivity contribution < 1.29 is 4.79 Å². The maximum Gasteiger partial charge on any atom is 0.238 e. The first-order valence-corrected chi connectivity index (χ1v) is 11.6. The predicted molar refractivity (Wildman–Crippen MR) is 136 cm³/mol. The second-order valence-corrected chi connectivity index (χ2v) is 8.68. The number of anilines is 2. The summed E-state index contributed by atoms with van der Waals surface area (Å²) in [5, 5.41) is 4.11. The van der Waals surface area contributed by atoms with Crippen LogP contribution in [0, 0.1) is 13.8 Å². The molecule has 0 radical (unpaired) electrons. The van der Waals surface area contributed by atoms with Gasteiger partial charge in [0.1, 0.15) is 5.82 Å². The molecule has 5 rings (SSSR count). The third-order valence-electron chi connectivity index (χ3n) is 6.44. The highest BCUT2D eigenvalue weighted by Crippen LogP contribution is 2.28. The highest BCUT2D eigenvalue weighted by Gasteiger charge is 2.22. The van der Waals surface area contributed by atoms with Crippen LogP contribution < -0.4 is 10.2 Å². The molecule has 1 aliphatic rings. The highest BCUT2D eigenvalue weighted by atomic mass is 16.2. The Morgan fingerprint density at radius 3 is 2.47 bits per heavy atom. The molecule has 1 N–H and O–H groups in total. The lowest BCUT2D eigenvalue weighted by atomic mass is 10.1. The number of piperazine rings is 1. The van der Waals surface area contributed by atoms with Crippen molar-refractivity contribution in [1.82, 2.24) is 19.9 Å². The van der Waals surface area contributed by atoms with Crippen LogP contribution in [0.4, 0.5) is 11.5 Å². The Hall–Kier alpha value is -3.84. The first kappa shape index (κ1) is 22.0. The third kappa shape index (κ3) is 4.61. The van der Waals surface area contributed by atoms with Gasteiger partial charge in [0.15, 0.2) is 5.82 Å². The van der Waals surface area contributed by atoms with E-state index in [1.807, 2.05) is 49.4 Å². The van der Waals surface area contributed by atoms with Crippen molar-refractivity contribution >= 4 is 28.3 Å². The maximum atomic E-state index is 12.7. The van der Waals surface area contributed by atoms with Crippen LogP contribution in [0.2, 0.25) is 0 Å². The topological polar surface area (TPSA) is 74.2 Å². The zero-order valence-corrected chi connectivity index (χ0v) is 19.5. The van der Waals surface area contributed by atoms with Crippen LogP contribution in [0.15, 0.2) is 67.0 Å². The van der Waals surface area contributed by atoms with Crippen molar-refractivity contribution in [3.05, 3.63) is 78.1 Å². The average Bonchev–Trinajstić information content (AvgIpc) is 2.87. The lowest BCUT2D eigenvalue weighted by molar-refractivity contribution is -0.117. The summed E-state index contributed by atoms with van der Waals surface area (Å²) < 4.78 is 0. The van der Waals surface area contributed by atoms with E-state index in [0.29, 0.717) is 12.4 Å². The van der Waals surface area contributed by atoms with Crippen molar-refractivity contribution in [2.75, 3.05) is 42.9 Å². The maximum absolute atomic E-state index is 12.7. The number of nitrogens with zero attached hydrogens (tertiary/aromatic N) is 5. The Bertz CT molecular complexity index is 1320. The van der Waals surface area contributed by atoms with Gasteiger partial charge >= 0.3 is 0 Å². The van der Waals surface area contributed by atoms with Gasteiger partial charge in [-0.05, 0) is 55.3 Å². The minimum absolute atomic E-state index is 0.0228. The Balaban J connectivity index is 1.29. The molecule has 0 unspecified atom stereocenters. The summed E-state index contributed by atoms with van der Waals surface area (Å²) in [6, 6.07) is 18.0. The number of fused-ring (bicyclic) bond motifs is 1. The number of pyridine rings is 1. The van der Waals surface area contributed by atoms with Crippen LogP contribution in [0.3, 0.4) is 0 Å². The van der Waals surface area contributed by atoms with Gasteiger partial charge in [-0.3, -0.25) is 14.7 Å². The Kier molecular flexibility index (Phi) is 6.18. The largest absolute Gasteiger partial charge is 0.353 e. The Morgan fingerprint density at radius 1 is 0.912 bits per heavy atom. The summed E-state index contributed by atoms with van der Waals surface area (Å²) in [5.41, 5.74) is 5.05.